The maximum Gasteiger partial charge on any atom is 0.253 e. The second kappa shape index (κ2) is 9.36. The minimum Gasteiger partial charge on any atom is -0.322 e. The van der Waals surface area contributed by atoms with E-state index in [0.717, 1.165) is 48.3 Å². The Morgan fingerprint density at radius 1 is 1.06 bits per heavy atom. The highest BCUT2D eigenvalue weighted by atomic mass is 16.1. The third kappa shape index (κ3) is 4.28. The second-order valence-corrected chi connectivity index (χ2v) is 9.74. The largest absolute Gasteiger partial charge is 0.322 e. The molecular weight excluding hydrogens is 438 g/mol. The Kier molecular flexibility index (Phi) is 5.91. The molecule has 2 aliphatic heterocycles. The Bertz CT molecular complexity index is 1380. The van der Waals surface area contributed by atoms with Gasteiger partial charge in [-0.3, -0.25) is 14.6 Å². The van der Waals surface area contributed by atoms with Gasteiger partial charge in [-0.15, -0.1) is 5.10 Å². The van der Waals surface area contributed by atoms with Crippen LogP contribution in [0.1, 0.15) is 48.3 Å². The van der Waals surface area contributed by atoms with Crippen molar-refractivity contribution >= 4 is 10.9 Å². The molecule has 2 saturated heterocycles. The van der Waals surface area contributed by atoms with Gasteiger partial charge in [-0.1, -0.05) is 43.3 Å². The maximum atomic E-state index is 13.5. The number of aryl methyl sites for hydroxylation is 1. The number of hydrogen-bond acceptors (Lipinski definition) is 6. The molecule has 2 aromatic heterocycles. The van der Waals surface area contributed by atoms with Gasteiger partial charge in [0.15, 0.2) is 5.82 Å². The number of aromatic nitrogens is 5. The van der Waals surface area contributed by atoms with E-state index < -0.39 is 0 Å². The van der Waals surface area contributed by atoms with Crippen molar-refractivity contribution in [1.29, 1.82) is 0 Å². The van der Waals surface area contributed by atoms with Crippen LogP contribution in [0.15, 0.2) is 59.4 Å². The molecule has 0 aliphatic carbocycles. The van der Waals surface area contributed by atoms with Crippen molar-refractivity contribution in [3.63, 3.8) is 0 Å². The van der Waals surface area contributed by atoms with Crippen LogP contribution in [-0.2, 0) is 13.0 Å². The number of pyridine rings is 1. The summed E-state index contributed by atoms with van der Waals surface area (Å²) in [6, 6.07) is 18.7. The van der Waals surface area contributed by atoms with Crippen LogP contribution in [0.3, 0.4) is 0 Å². The third-order valence-corrected chi connectivity index (χ3v) is 7.60. The zero-order valence-electron chi connectivity index (χ0n) is 20.1. The molecule has 2 aromatic carbocycles. The van der Waals surface area contributed by atoms with E-state index in [0.29, 0.717) is 18.2 Å². The van der Waals surface area contributed by atoms with Crippen molar-refractivity contribution in [3.8, 4) is 0 Å². The number of tetrazole rings is 1. The van der Waals surface area contributed by atoms with Gasteiger partial charge in [0, 0.05) is 36.8 Å². The fourth-order valence-corrected chi connectivity index (χ4v) is 5.72. The highest BCUT2D eigenvalue weighted by Gasteiger charge is 2.37. The van der Waals surface area contributed by atoms with Crippen LogP contribution in [0.25, 0.3) is 10.9 Å². The van der Waals surface area contributed by atoms with E-state index in [-0.39, 0.29) is 11.6 Å². The van der Waals surface area contributed by atoms with Crippen molar-refractivity contribution in [2.75, 3.05) is 26.2 Å². The lowest BCUT2D eigenvalue weighted by atomic mass is 10.00. The first-order chi connectivity index (χ1) is 17.2. The van der Waals surface area contributed by atoms with E-state index in [9.17, 15) is 4.79 Å². The zero-order valence-corrected chi connectivity index (χ0v) is 20.1. The van der Waals surface area contributed by atoms with Crippen molar-refractivity contribution in [2.24, 2.45) is 0 Å². The molecule has 4 aromatic rings. The molecule has 8 heteroatoms. The first-order valence-electron chi connectivity index (χ1n) is 12.6. The van der Waals surface area contributed by atoms with Gasteiger partial charge in [-0.05, 0) is 70.9 Å². The summed E-state index contributed by atoms with van der Waals surface area (Å²) < 4.78 is 1.85. The number of hydrogen-bond donors (Lipinski definition) is 1. The molecular formula is C27H31N7O. The summed E-state index contributed by atoms with van der Waals surface area (Å²) in [6.45, 7) is 6.68. The average molecular weight is 470 g/mol. The number of aromatic amines is 1. The standard InChI is InChI=1S/C27H31N7O/c1-2-19-10-11-24-21(15-19)16-23(27(35)28-24)25(33-14-13-32-12-6-9-22(32)18-33)26-29-30-31-34(26)17-20-7-4-3-5-8-20/h3-5,7-8,10-11,15-16,22,25H,2,6,9,12-14,17-18H2,1H3,(H,28,35). The molecule has 35 heavy (non-hydrogen) atoms. The molecule has 0 radical (unpaired) electrons. The van der Waals surface area contributed by atoms with Gasteiger partial charge >= 0.3 is 0 Å². The van der Waals surface area contributed by atoms with Crippen LogP contribution in [-0.4, -0.2) is 67.2 Å². The number of fused-ring (bicyclic) bond motifs is 2. The van der Waals surface area contributed by atoms with Crippen molar-refractivity contribution in [1.82, 2.24) is 35.0 Å². The summed E-state index contributed by atoms with van der Waals surface area (Å²) in [4.78, 5) is 21.6. The summed E-state index contributed by atoms with van der Waals surface area (Å²) in [6.07, 6.45) is 3.39. The fraction of sp³-hybridized carbons (Fsp3) is 0.407. The van der Waals surface area contributed by atoms with Gasteiger partial charge in [0.25, 0.3) is 5.56 Å². The summed E-state index contributed by atoms with van der Waals surface area (Å²) in [7, 11) is 0. The molecule has 6 rings (SSSR count). The van der Waals surface area contributed by atoms with Gasteiger partial charge in [-0.2, -0.15) is 0 Å². The van der Waals surface area contributed by atoms with Gasteiger partial charge in [0.2, 0.25) is 0 Å². The lowest BCUT2D eigenvalue weighted by molar-refractivity contribution is 0.0790. The Labute approximate surface area is 204 Å². The lowest BCUT2D eigenvalue weighted by Crippen LogP contribution is -2.52. The highest BCUT2D eigenvalue weighted by Crippen LogP contribution is 2.32. The van der Waals surface area contributed by atoms with Crippen LogP contribution < -0.4 is 5.56 Å². The summed E-state index contributed by atoms with van der Waals surface area (Å²) >= 11 is 0. The molecule has 0 spiro atoms. The Hall–Kier alpha value is -3.36. The Morgan fingerprint density at radius 3 is 2.80 bits per heavy atom. The van der Waals surface area contributed by atoms with Crippen LogP contribution in [0.2, 0.25) is 0 Å². The monoisotopic (exact) mass is 469 g/mol. The normalized spacial score (nSPS) is 19.7. The fourth-order valence-electron chi connectivity index (χ4n) is 5.72. The predicted octanol–water partition coefficient (Wildman–Crippen LogP) is 2.99. The topological polar surface area (TPSA) is 82.9 Å². The van der Waals surface area contributed by atoms with Crippen molar-refractivity contribution in [3.05, 3.63) is 87.5 Å². The molecule has 4 heterocycles. The molecule has 2 fully saturated rings. The summed E-state index contributed by atoms with van der Waals surface area (Å²) in [5, 5.41) is 13.9. The molecule has 2 aliphatic rings. The van der Waals surface area contributed by atoms with E-state index in [2.05, 4.69) is 67.6 Å². The minimum absolute atomic E-state index is 0.0742. The number of H-pyrrole nitrogens is 1. The SMILES string of the molecule is CCc1ccc2[nH]c(=O)c(C(c3nnnn3Cc3ccccc3)N3CCN4CCCC4C3)cc2c1. The van der Waals surface area contributed by atoms with Crippen molar-refractivity contribution < 1.29 is 0 Å². The predicted molar refractivity (Wildman–Crippen MR) is 135 cm³/mol. The number of piperazine rings is 1. The second-order valence-electron chi connectivity index (χ2n) is 9.74. The molecule has 0 bridgehead atoms. The Balaban J connectivity index is 1.46. The lowest BCUT2D eigenvalue weighted by Gasteiger charge is -2.41. The zero-order chi connectivity index (χ0) is 23.8. The molecule has 180 valence electrons. The number of rotatable bonds is 6. The summed E-state index contributed by atoms with van der Waals surface area (Å²) in [5.74, 6) is 0.719. The number of nitrogens with zero attached hydrogens (tertiary/aromatic N) is 6. The van der Waals surface area contributed by atoms with Crippen molar-refractivity contribution in [2.45, 2.75) is 44.8 Å². The first kappa shape index (κ1) is 22.1. The van der Waals surface area contributed by atoms with Crippen LogP contribution >= 0.6 is 0 Å². The van der Waals surface area contributed by atoms with E-state index in [1.54, 1.807) is 0 Å². The number of benzene rings is 2. The molecule has 0 amide bonds. The van der Waals surface area contributed by atoms with Crippen LogP contribution in [0, 0.1) is 0 Å². The first-order valence-corrected chi connectivity index (χ1v) is 12.6. The highest BCUT2D eigenvalue weighted by molar-refractivity contribution is 5.80. The smallest absolute Gasteiger partial charge is 0.253 e. The summed E-state index contributed by atoms with van der Waals surface area (Å²) in [5.41, 5.74) is 3.87. The minimum atomic E-state index is -0.310. The van der Waals surface area contributed by atoms with Gasteiger partial charge in [-0.25, -0.2) is 4.68 Å². The van der Waals surface area contributed by atoms with Crippen LogP contribution in [0.4, 0.5) is 0 Å². The van der Waals surface area contributed by atoms with Crippen LogP contribution in [0.5, 0.6) is 0 Å². The third-order valence-electron chi connectivity index (χ3n) is 7.60. The van der Waals surface area contributed by atoms with E-state index >= 15 is 0 Å². The molecule has 1 N–H and O–H groups in total. The van der Waals surface area contributed by atoms with Gasteiger partial charge in [0.1, 0.15) is 6.04 Å². The molecule has 0 saturated carbocycles. The molecule has 8 nitrogen and oxygen atoms in total. The average Bonchev–Trinajstić information content (AvgIpc) is 3.54. The quantitative estimate of drug-likeness (QED) is 0.468. The van der Waals surface area contributed by atoms with E-state index in [1.165, 1.54) is 24.9 Å². The molecule has 2 unspecified atom stereocenters. The Morgan fingerprint density at radius 2 is 1.94 bits per heavy atom. The van der Waals surface area contributed by atoms with E-state index in [1.807, 2.05) is 28.9 Å². The van der Waals surface area contributed by atoms with E-state index in [4.69, 9.17) is 0 Å². The number of nitrogens with one attached hydrogen (secondary N) is 1. The maximum absolute atomic E-state index is 13.5. The molecule has 2 atom stereocenters. The van der Waals surface area contributed by atoms with Gasteiger partial charge < -0.3 is 4.98 Å². The van der Waals surface area contributed by atoms with Gasteiger partial charge in [0.05, 0.1) is 6.54 Å².